The van der Waals surface area contributed by atoms with Crippen molar-refractivity contribution >= 4 is 23.5 Å². The van der Waals surface area contributed by atoms with Gasteiger partial charge in [0.15, 0.2) is 0 Å². The van der Waals surface area contributed by atoms with Gasteiger partial charge in [-0.25, -0.2) is 0 Å². The molecule has 0 fully saturated rings. The van der Waals surface area contributed by atoms with Gasteiger partial charge in [-0.05, 0) is 26.7 Å². The Hall–Kier alpha value is -0.190. The summed E-state index contributed by atoms with van der Waals surface area (Å²) in [5.41, 5.74) is 9.00. The fourth-order valence-corrected chi connectivity index (χ4v) is 5.80. The van der Waals surface area contributed by atoms with Crippen LogP contribution < -0.4 is 24.8 Å². The minimum atomic E-state index is 0. The maximum Gasteiger partial charge on any atom is 4.00 e. The number of unbranched alkanes of at least 4 members (excludes halogenated alkanes) is 2. The Morgan fingerprint density at radius 1 is 0.743 bits per heavy atom. The van der Waals surface area contributed by atoms with E-state index >= 15 is 0 Å². The molecule has 0 amide bonds. The van der Waals surface area contributed by atoms with E-state index in [2.05, 4.69) is 87.8 Å². The van der Waals surface area contributed by atoms with Crippen LogP contribution in [0.4, 0.5) is 0 Å². The van der Waals surface area contributed by atoms with E-state index in [9.17, 15) is 0 Å². The van der Waals surface area contributed by atoms with E-state index in [1.807, 2.05) is 23.5 Å². The molecule has 0 atom stereocenters. The predicted molar refractivity (Wildman–Crippen MR) is 148 cm³/mol. The van der Waals surface area contributed by atoms with Gasteiger partial charge in [-0.3, -0.25) is 0 Å². The second-order valence-electron chi connectivity index (χ2n) is 8.83. The zero-order valence-corrected chi connectivity index (χ0v) is 28.2. The van der Waals surface area contributed by atoms with E-state index in [0.717, 1.165) is 12.8 Å². The summed E-state index contributed by atoms with van der Waals surface area (Å²) in [4.78, 5) is 2.90. The van der Waals surface area contributed by atoms with Gasteiger partial charge in [0.05, 0.1) is 0 Å². The van der Waals surface area contributed by atoms with E-state index in [1.54, 1.807) is 11.1 Å². The third kappa shape index (κ3) is 11.0. The molecule has 0 N–H and O–H groups in total. The molecular weight excluding hydrogens is 674 g/mol. The number of halogens is 2. The van der Waals surface area contributed by atoms with Crippen LogP contribution in [-0.2, 0) is 25.8 Å². The molecule has 0 nitrogen and oxygen atoms in total. The first kappa shape index (κ1) is 34.8. The van der Waals surface area contributed by atoms with Crippen LogP contribution in [0.5, 0.6) is 0 Å². The van der Waals surface area contributed by atoms with Crippen molar-refractivity contribution in [2.75, 3.05) is 0 Å². The summed E-state index contributed by atoms with van der Waals surface area (Å²) >= 11 is 3.72. The summed E-state index contributed by atoms with van der Waals surface area (Å²) in [6.45, 7) is 8.96. The average Bonchev–Trinajstić information content (AvgIpc) is 3.59. The van der Waals surface area contributed by atoms with Gasteiger partial charge in [0, 0.05) is 0 Å². The maximum absolute atomic E-state index is 2.38. The van der Waals surface area contributed by atoms with E-state index in [-0.39, 0.29) is 50.7 Å². The predicted octanol–water partition coefficient (Wildman–Crippen LogP) is 4.35. The molecule has 0 saturated carbocycles. The summed E-state index contributed by atoms with van der Waals surface area (Å²) in [7, 11) is 0. The van der Waals surface area contributed by atoms with Gasteiger partial charge in [0.1, 0.15) is 0 Å². The monoisotopic (exact) mass is 712 g/mol. The fourth-order valence-electron chi connectivity index (χ4n) is 4.16. The smallest absolute Gasteiger partial charge is 1.00 e. The molecule has 2 aliphatic carbocycles. The standard InChI is InChI=1S/2C15H19S.2ClH.Hf/c2*1-3-4-6-14(15-7-5-10-16-15)13-9-8-12(2)11-13;;;/h2*5,7,9-11H,3-4,6,8H2,1-2H3;2*1H;/q2*-1;;;+4/p-2. The zero-order valence-electron chi connectivity index (χ0n) is 21.5. The Labute approximate surface area is 254 Å². The largest absolute Gasteiger partial charge is 4.00 e. The summed E-state index contributed by atoms with van der Waals surface area (Å²) in [5, 5.41) is 4.35. The normalized spacial score (nSPS) is 20.0. The number of hydrogen-bond donors (Lipinski definition) is 0. The molecule has 5 heteroatoms. The van der Waals surface area contributed by atoms with Crippen LogP contribution >= 0.6 is 23.5 Å². The Morgan fingerprint density at radius 3 is 1.40 bits per heavy atom. The molecule has 0 aromatic carbocycles. The van der Waals surface area contributed by atoms with Gasteiger partial charge < -0.3 is 24.8 Å². The number of rotatable bonds is 8. The molecule has 0 saturated heterocycles. The van der Waals surface area contributed by atoms with Crippen molar-refractivity contribution in [1.29, 1.82) is 0 Å². The molecular formula is C30H38Cl2HfS2. The van der Waals surface area contributed by atoms with Gasteiger partial charge >= 0.3 is 25.8 Å². The van der Waals surface area contributed by atoms with E-state index in [4.69, 9.17) is 0 Å². The summed E-state index contributed by atoms with van der Waals surface area (Å²) in [6.07, 6.45) is 28.1. The second-order valence-corrected chi connectivity index (χ2v) is 10.7. The van der Waals surface area contributed by atoms with Gasteiger partial charge in [0.2, 0.25) is 0 Å². The summed E-state index contributed by atoms with van der Waals surface area (Å²) in [6, 6.07) is 0. The molecule has 0 bridgehead atoms. The molecule has 35 heavy (non-hydrogen) atoms. The number of thioether (sulfide) groups is 2. The first-order chi connectivity index (χ1) is 15.6. The third-order valence-corrected chi connectivity index (χ3v) is 7.85. The number of allylic oxidation sites excluding steroid dienone is 14. The molecule has 0 aromatic heterocycles. The molecule has 4 aliphatic rings. The van der Waals surface area contributed by atoms with Crippen molar-refractivity contribution in [3.8, 4) is 0 Å². The van der Waals surface area contributed by atoms with Gasteiger partial charge in [-0.15, -0.1) is 31.8 Å². The topological polar surface area (TPSA) is 0 Å². The van der Waals surface area contributed by atoms with Crippen LogP contribution in [0, 0.1) is 12.8 Å². The van der Waals surface area contributed by atoms with E-state index < -0.39 is 0 Å². The van der Waals surface area contributed by atoms with Gasteiger partial charge in [-0.1, -0.05) is 99.0 Å². The van der Waals surface area contributed by atoms with Gasteiger partial charge in [-0.2, -0.15) is 48.5 Å². The Kier molecular flexibility index (Phi) is 18.9. The zero-order chi connectivity index (χ0) is 22.8. The van der Waals surface area contributed by atoms with Crippen molar-refractivity contribution in [2.24, 2.45) is 0 Å². The fraction of sp³-hybridized carbons (Fsp3) is 0.400. The number of hydrogen-bond acceptors (Lipinski definition) is 2. The minimum absolute atomic E-state index is 0. The maximum atomic E-state index is 2.38. The summed E-state index contributed by atoms with van der Waals surface area (Å²) in [5.74, 6) is 0. The first-order valence-electron chi connectivity index (χ1n) is 12.2. The SMILES string of the molecule is CCCCC(C1=CCC(C)=C1)=C1[CH-]C=CS1.CCCCC(C1=CCC(C)=C1)=C1[CH-]C=CS1.[Cl-].[Cl-].[Hf+4]. The van der Waals surface area contributed by atoms with Crippen LogP contribution in [0.25, 0.3) is 0 Å². The van der Waals surface area contributed by atoms with E-state index in [1.165, 1.54) is 70.6 Å². The van der Waals surface area contributed by atoms with Crippen LogP contribution in [0.3, 0.4) is 0 Å². The summed E-state index contributed by atoms with van der Waals surface area (Å²) < 4.78 is 0. The third-order valence-electron chi connectivity index (χ3n) is 5.99. The van der Waals surface area contributed by atoms with Crippen LogP contribution in [0.15, 0.2) is 90.5 Å². The van der Waals surface area contributed by atoms with Crippen LogP contribution in [0.1, 0.15) is 79.1 Å². The molecule has 2 aliphatic heterocycles. The second kappa shape index (κ2) is 19.0. The molecule has 4 rings (SSSR count). The van der Waals surface area contributed by atoms with Crippen molar-refractivity contribution in [3.63, 3.8) is 0 Å². The van der Waals surface area contributed by atoms with E-state index in [0.29, 0.717) is 0 Å². The van der Waals surface area contributed by atoms with Gasteiger partial charge in [0.25, 0.3) is 0 Å². The molecule has 2 heterocycles. The van der Waals surface area contributed by atoms with Crippen molar-refractivity contribution in [1.82, 2.24) is 0 Å². The first-order valence-corrected chi connectivity index (χ1v) is 13.9. The molecule has 188 valence electrons. The molecule has 0 radical (unpaired) electrons. The Bertz CT molecular complexity index is 834. The van der Waals surface area contributed by atoms with Crippen molar-refractivity contribution < 1.29 is 50.7 Å². The Balaban J connectivity index is 0.000000608. The van der Waals surface area contributed by atoms with Crippen LogP contribution in [0.2, 0.25) is 0 Å². The van der Waals surface area contributed by atoms with Crippen molar-refractivity contribution in [2.45, 2.75) is 79.1 Å². The molecule has 0 unspecified atom stereocenters. The average molecular weight is 712 g/mol. The Morgan fingerprint density at radius 2 is 1.14 bits per heavy atom. The quantitative estimate of drug-likeness (QED) is 0.272. The molecule has 0 aromatic rings. The minimum Gasteiger partial charge on any atom is -1.00 e. The van der Waals surface area contributed by atoms with Crippen molar-refractivity contribution in [3.05, 3.63) is 103 Å². The molecule has 0 spiro atoms. The van der Waals surface area contributed by atoms with Crippen LogP contribution in [-0.4, -0.2) is 0 Å².